The van der Waals surface area contributed by atoms with E-state index in [1.54, 1.807) is 0 Å². The molecule has 5 nitrogen and oxygen atoms in total. The zero-order chi connectivity index (χ0) is 21.9. The lowest BCUT2D eigenvalue weighted by Gasteiger charge is -2.36. The van der Waals surface area contributed by atoms with E-state index < -0.39 is 24.4 Å². The second kappa shape index (κ2) is 19.2. The van der Waals surface area contributed by atoms with Gasteiger partial charge in [0, 0.05) is 0 Å². The molecular formula is C25H48O5. The van der Waals surface area contributed by atoms with Crippen LogP contribution < -0.4 is 0 Å². The van der Waals surface area contributed by atoms with Gasteiger partial charge >= 0.3 is 0 Å². The fourth-order valence-electron chi connectivity index (χ4n) is 3.97. The molecule has 0 amide bonds. The number of aliphatic hydroxyl groups is 3. The molecule has 5 heteroatoms. The highest BCUT2D eigenvalue weighted by Crippen LogP contribution is 2.18. The van der Waals surface area contributed by atoms with Gasteiger partial charge in [0.05, 0.1) is 19.8 Å². The second-order valence-electron chi connectivity index (χ2n) is 8.74. The molecule has 0 aliphatic carbocycles. The normalized spacial score (nSPS) is 24.7. The fourth-order valence-corrected chi connectivity index (χ4v) is 3.97. The van der Waals surface area contributed by atoms with Gasteiger partial charge in [-0.2, -0.15) is 0 Å². The van der Waals surface area contributed by atoms with Crippen molar-refractivity contribution < 1.29 is 24.8 Å². The zero-order valence-electron chi connectivity index (χ0n) is 19.4. The summed E-state index contributed by atoms with van der Waals surface area (Å²) in [7, 11) is 0. The second-order valence-corrected chi connectivity index (χ2v) is 8.74. The van der Waals surface area contributed by atoms with Crippen molar-refractivity contribution in [3.05, 3.63) is 12.2 Å². The summed E-state index contributed by atoms with van der Waals surface area (Å²) in [5.74, 6) is 0. The minimum atomic E-state index is -1.10. The van der Waals surface area contributed by atoms with Crippen molar-refractivity contribution >= 4 is 0 Å². The summed E-state index contributed by atoms with van der Waals surface area (Å²) in [6.07, 6.45) is 20.9. The first-order chi connectivity index (χ1) is 14.7. The van der Waals surface area contributed by atoms with Gasteiger partial charge in [0.2, 0.25) is 0 Å². The summed E-state index contributed by atoms with van der Waals surface area (Å²) in [6.45, 7) is 2.67. The Morgan fingerprint density at radius 2 is 1.30 bits per heavy atom. The van der Waals surface area contributed by atoms with E-state index in [1.807, 2.05) is 0 Å². The number of unbranched alkanes of at least 4 members (excludes halogenated alkanes) is 13. The molecule has 0 aromatic heterocycles. The highest BCUT2D eigenvalue weighted by molar-refractivity contribution is 4.88. The average molecular weight is 429 g/mol. The highest BCUT2D eigenvalue weighted by atomic mass is 16.6. The number of hydrogen-bond donors (Lipinski definition) is 3. The Hall–Kier alpha value is -0.460. The molecule has 1 heterocycles. The van der Waals surface area contributed by atoms with E-state index in [9.17, 15) is 10.2 Å². The lowest BCUT2D eigenvalue weighted by molar-refractivity contribution is -0.208. The van der Waals surface area contributed by atoms with Crippen LogP contribution in [-0.4, -0.2) is 59.6 Å². The third-order valence-electron chi connectivity index (χ3n) is 6.02. The number of hydrogen-bond acceptors (Lipinski definition) is 5. The smallest absolute Gasteiger partial charge is 0.111 e. The number of ether oxygens (including phenoxy) is 2. The first kappa shape index (κ1) is 27.6. The summed E-state index contributed by atoms with van der Waals surface area (Å²) < 4.78 is 10.9. The van der Waals surface area contributed by atoms with Crippen molar-refractivity contribution in [2.75, 3.05) is 19.8 Å². The Balaban J connectivity index is 1.83. The van der Waals surface area contributed by atoms with Crippen LogP contribution in [0.3, 0.4) is 0 Å². The van der Waals surface area contributed by atoms with E-state index in [1.165, 1.54) is 83.5 Å². The van der Waals surface area contributed by atoms with Crippen molar-refractivity contribution in [3.8, 4) is 0 Å². The summed E-state index contributed by atoms with van der Waals surface area (Å²) in [6, 6.07) is 0. The first-order valence-corrected chi connectivity index (χ1v) is 12.6. The van der Waals surface area contributed by atoms with E-state index in [0.29, 0.717) is 6.61 Å². The third kappa shape index (κ3) is 13.1. The molecule has 0 aromatic carbocycles. The van der Waals surface area contributed by atoms with Crippen LogP contribution in [-0.2, 0) is 9.47 Å². The molecule has 3 N–H and O–H groups in total. The fraction of sp³-hybridized carbons (Fsp3) is 0.920. The molecule has 0 unspecified atom stereocenters. The summed E-state index contributed by atoms with van der Waals surface area (Å²) in [5, 5.41) is 28.9. The molecule has 1 aliphatic rings. The van der Waals surface area contributed by atoms with E-state index in [2.05, 4.69) is 19.1 Å². The first-order valence-electron chi connectivity index (χ1n) is 12.6. The quantitative estimate of drug-likeness (QED) is 0.201. The summed E-state index contributed by atoms with van der Waals surface area (Å²) >= 11 is 0. The van der Waals surface area contributed by atoms with Crippen LogP contribution >= 0.6 is 0 Å². The minimum absolute atomic E-state index is 0.201. The number of aliphatic hydroxyl groups excluding tert-OH is 3. The highest BCUT2D eigenvalue weighted by Gasteiger charge is 2.38. The van der Waals surface area contributed by atoms with Gasteiger partial charge in [-0.25, -0.2) is 0 Å². The van der Waals surface area contributed by atoms with Crippen molar-refractivity contribution in [1.82, 2.24) is 0 Å². The maximum atomic E-state index is 10.00. The van der Waals surface area contributed by atoms with Crippen molar-refractivity contribution in [1.29, 1.82) is 0 Å². The van der Waals surface area contributed by atoms with Crippen LogP contribution in [0.5, 0.6) is 0 Å². The topological polar surface area (TPSA) is 79.2 Å². The largest absolute Gasteiger partial charge is 0.394 e. The molecule has 1 fully saturated rings. The maximum Gasteiger partial charge on any atom is 0.111 e. The van der Waals surface area contributed by atoms with Crippen LogP contribution in [0.25, 0.3) is 0 Å². The molecule has 0 saturated carbocycles. The van der Waals surface area contributed by atoms with Gasteiger partial charge in [-0.3, -0.25) is 0 Å². The van der Waals surface area contributed by atoms with Gasteiger partial charge in [0.25, 0.3) is 0 Å². The predicted octanol–water partition coefficient (Wildman–Crippen LogP) is 4.91. The van der Waals surface area contributed by atoms with Crippen molar-refractivity contribution in [3.63, 3.8) is 0 Å². The molecule has 0 radical (unpaired) electrons. The molecule has 1 rings (SSSR count). The van der Waals surface area contributed by atoms with Crippen molar-refractivity contribution in [2.45, 2.75) is 128 Å². The zero-order valence-corrected chi connectivity index (χ0v) is 19.4. The molecule has 0 aromatic rings. The van der Waals surface area contributed by atoms with Crippen LogP contribution in [0.1, 0.15) is 103 Å². The van der Waals surface area contributed by atoms with Crippen molar-refractivity contribution in [2.24, 2.45) is 0 Å². The standard InChI is InChI=1S/C25H48O5/c1-2-3-4-5-6-7-8-9-10-11-12-13-14-15-16-17-18-19-29-23-21-30-22(20-26)24(27)25(23)28/h16-17,22-28H,2-15,18-21H2,1H3/b17-16+/t22-,23+,24-,25-/m0/s1. The van der Waals surface area contributed by atoms with Crippen LogP contribution in [0.4, 0.5) is 0 Å². The minimum Gasteiger partial charge on any atom is -0.394 e. The van der Waals surface area contributed by atoms with Gasteiger partial charge in [-0.1, -0.05) is 96.1 Å². The molecule has 178 valence electrons. The van der Waals surface area contributed by atoms with Gasteiger partial charge in [-0.15, -0.1) is 0 Å². The molecular weight excluding hydrogens is 380 g/mol. The van der Waals surface area contributed by atoms with Crippen LogP contribution in [0, 0.1) is 0 Å². The predicted molar refractivity (Wildman–Crippen MR) is 123 cm³/mol. The maximum absolute atomic E-state index is 10.00. The Labute approximate surface area is 184 Å². The van der Waals surface area contributed by atoms with E-state index >= 15 is 0 Å². The van der Waals surface area contributed by atoms with E-state index in [4.69, 9.17) is 14.6 Å². The molecule has 30 heavy (non-hydrogen) atoms. The molecule has 4 atom stereocenters. The van der Waals surface area contributed by atoms with Crippen LogP contribution in [0.2, 0.25) is 0 Å². The SMILES string of the molecule is CCCCCCCCCCCCCCC/C=C/CCO[C@@H]1CO[C@@H](CO)[C@H](O)[C@H]1O. The molecule has 1 aliphatic heterocycles. The van der Waals surface area contributed by atoms with Gasteiger partial charge in [-0.05, 0) is 19.3 Å². The van der Waals surface area contributed by atoms with Crippen LogP contribution in [0.15, 0.2) is 12.2 Å². The lowest BCUT2D eigenvalue weighted by atomic mass is 10.0. The monoisotopic (exact) mass is 428 g/mol. The summed E-state index contributed by atoms with van der Waals surface area (Å²) in [5.41, 5.74) is 0. The third-order valence-corrected chi connectivity index (χ3v) is 6.02. The number of allylic oxidation sites excluding steroid dienone is 1. The van der Waals surface area contributed by atoms with Gasteiger partial charge < -0.3 is 24.8 Å². The Kier molecular flexibility index (Phi) is 17.7. The van der Waals surface area contributed by atoms with E-state index in [0.717, 1.165) is 12.8 Å². The summed E-state index contributed by atoms with van der Waals surface area (Å²) in [4.78, 5) is 0. The lowest BCUT2D eigenvalue weighted by Crippen LogP contribution is -2.55. The molecule has 0 spiro atoms. The average Bonchev–Trinajstić information content (AvgIpc) is 2.75. The Bertz CT molecular complexity index is 401. The van der Waals surface area contributed by atoms with Gasteiger partial charge in [0.1, 0.15) is 24.4 Å². The van der Waals surface area contributed by atoms with E-state index in [-0.39, 0.29) is 13.2 Å². The van der Waals surface area contributed by atoms with Gasteiger partial charge in [0.15, 0.2) is 0 Å². The Morgan fingerprint density at radius 3 is 1.87 bits per heavy atom. The molecule has 1 saturated heterocycles. The Morgan fingerprint density at radius 1 is 0.767 bits per heavy atom. The number of rotatable bonds is 19. The molecule has 0 bridgehead atoms.